The first-order valence-electron chi connectivity index (χ1n) is 11.0. The predicted octanol–water partition coefficient (Wildman–Crippen LogP) is 6.48. The molecule has 0 bridgehead atoms. The van der Waals surface area contributed by atoms with Gasteiger partial charge in [-0.25, -0.2) is 9.59 Å². The van der Waals surface area contributed by atoms with Crippen LogP contribution in [-0.4, -0.2) is 27.1 Å². The monoisotopic (exact) mass is 463 g/mol. The summed E-state index contributed by atoms with van der Waals surface area (Å²) in [6, 6.07) is 30.1. The number of carboxylic acids is 2. The van der Waals surface area contributed by atoms with Crippen LogP contribution in [0.15, 0.2) is 97.1 Å². The molecular weight excluding hydrogens is 442 g/mol. The number of carbonyl (C=O) groups is 2. The van der Waals surface area contributed by atoms with E-state index >= 15 is 0 Å². The second-order valence-corrected chi connectivity index (χ2v) is 8.15. The van der Waals surface area contributed by atoms with E-state index in [4.69, 9.17) is 9.84 Å². The van der Waals surface area contributed by atoms with Gasteiger partial charge in [0, 0.05) is 17.0 Å². The van der Waals surface area contributed by atoms with Gasteiger partial charge in [0.25, 0.3) is 0 Å². The number of hydrogen-bond donors (Lipinski definition) is 3. The van der Waals surface area contributed by atoms with Crippen molar-refractivity contribution < 1.29 is 24.5 Å². The highest BCUT2D eigenvalue weighted by molar-refractivity contribution is 5.95. The van der Waals surface area contributed by atoms with Crippen molar-refractivity contribution in [3.8, 4) is 28.3 Å². The Morgan fingerprint density at radius 3 is 2.14 bits per heavy atom. The Labute approximate surface area is 201 Å². The van der Waals surface area contributed by atoms with Crippen molar-refractivity contribution in [1.29, 1.82) is 0 Å². The zero-order valence-electron chi connectivity index (χ0n) is 18.6. The van der Waals surface area contributed by atoms with Crippen LogP contribution in [0.1, 0.15) is 26.3 Å². The van der Waals surface area contributed by atoms with Crippen molar-refractivity contribution in [3.05, 3.63) is 114 Å². The topological polar surface area (TPSA) is 99.6 Å². The Morgan fingerprint density at radius 2 is 1.40 bits per heavy atom. The van der Waals surface area contributed by atoms with Gasteiger partial charge in [0.2, 0.25) is 0 Å². The lowest BCUT2D eigenvalue weighted by Gasteiger charge is -2.11. The molecule has 35 heavy (non-hydrogen) atoms. The number of aromatic amines is 1. The smallest absolute Gasteiger partial charge is 0.336 e. The molecule has 5 aromatic rings. The Balaban J connectivity index is 1.35. The van der Waals surface area contributed by atoms with Crippen LogP contribution in [0.25, 0.3) is 33.3 Å². The van der Waals surface area contributed by atoms with Crippen LogP contribution in [0, 0.1) is 0 Å². The van der Waals surface area contributed by atoms with Crippen molar-refractivity contribution in [2.24, 2.45) is 0 Å². The number of ether oxygens (including phenoxy) is 1. The largest absolute Gasteiger partial charge is 0.489 e. The summed E-state index contributed by atoms with van der Waals surface area (Å²) >= 11 is 0. The molecule has 0 saturated carbocycles. The lowest BCUT2D eigenvalue weighted by Crippen LogP contribution is -2.08. The normalized spacial score (nSPS) is 10.9. The van der Waals surface area contributed by atoms with E-state index in [1.807, 2.05) is 48.5 Å². The maximum atomic E-state index is 11.6. The molecule has 0 aliphatic carbocycles. The summed E-state index contributed by atoms with van der Waals surface area (Å²) in [4.78, 5) is 26.2. The first-order valence-corrected chi connectivity index (χ1v) is 11.0. The van der Waals surface area contributed by atoms with Crippen LogP contribution in [0.5, 0.6) is 5.75 Å². The van der Waals surface area contributed by atoms with E-state index in [2.05, 4.69) is 35.3 Å². The van der Waals surface area contributed by atoms with Crippen molar-refractivity contribution in [2.45, 2.75) is 6.61 Å². The van der Waals surface area contributed by atoms with Crippen LogP contribution in [0.3, 0.4) is 0 Å². The average molecular weight is 463 g/mol. The number of fused-ring (bicyclic) bond motifs is 1. The van der Waals surface area contributed by atoms with Gasteiger partial charge in [0.15, 0.2) is 0 Å². The van der Waals surface area contributed by atoms with Gasteiger partial charge in [0.1, 0.15) is 12.4 Å². The van der Waals surface area contributed by atoms with Gasteiger partial charge in [-0.2, -0.15) is 0 Å². The summed E-state index contributed by atoms with van der Waals surface area (Å²) in [7, 11) is 0. The quantitative estimate of drug-likeness (QED) is 0.257. The summed E-state index contributed by atoms with van der Waals surface area (Å²) in [6.07, 6.45) is 0. The molecule has 0 aliphatic rings. The number of nitrogens with one attached hydrogen (secondary N) is 1. The first-order chi connectivity index (χ1) is 17.0. The van der Waals surface area contributed by atoms with Crippen LogP contribution in [0.4, 0.5) is 0 Å². The van der Waals surface area contributed by atoms with E-state index in [9.17, 15) is 14.7 Å². The summed E-state index contributed by atoms with van der Waals surface area (Å²) in [6.45, 7) is 0.00978. The third kappa shape index (κ3) is 4.63. The molecule has 0 unspecified atom stereocenters. The molecule has 1 aromatic heterocycles. The summed E-state index contributed by atoms with van der Waals surface area (Å²) in [5, 5.41) is 20.6. The molecule has 3 N–H and O–H groups in total. The molecule has 0 aliphatic heterocycles. The van der Waals surface area contributed by atoms with Crippen molar-refractivity contribution in [3.63, 3.8) is 0 Å². The predicted molar refractivity (Wildman–Crippen MR) is 134 cm³/mol. The molecule has 4 aromatic carbocycles. The van der Waals surface area contributed by atoms with Crippen molar-refractivity contribution in [2.75, 3.05) is 0 Å². The SMILES string of the molecule is O=C(O)c1ccc(COc2ccc3cc(-c4ccc(-c5ccccc5)[nH]4)ccc3c2)c(C(=O)O)c1. The van der Waals surface area contributed by atoms with E-state index in [-0.39, 0.29) is 17.7 Å². The third-order valence-electron chi connectivity index (χ3n) is 5.88. The zero-order chi connectivity index (χ0) is 24.4. The minimum Gasteiger partial charge on any atom is -0.489 e. The molecular formula is C29H21NO5. The molecule has 172 valence electrons. The second-order valence-electron chi connectivity index (χ2n) is 8.15. The van der Waals surface area contributed by atoms with Gasteiger partial charge >= 0.3 is 11.9 Å². The Hall–Kier alpha value is -4.84. The second kappa shape index (κ2) is 9.19. The minimum atomic E-state index is -1.20. The molecule has 0 spiro atoms. The van der Waals surface area contributed by atoms with Crippen LogP contribution < -0.4 is 4.74 Å². The van der Waals surface area contributed by atoms with Crippen molar-refractivity contribution >= 4 is 22.7 Å². The molecule has 6 heteroatoms. The number of hydrogen-bond acceptors (Lipinski definition) is 3. The fourth-order valence-corrected chi connectivity index (χ4v) is 4.03. The molecule has 0 fully saturated rings. The minimum absolute atomic E-state index is 0.00978. The standard InChI is InChI=1S/C29H21NO5/c31-28(32)22-8-9-23(25(16-22)29(33)34)17-35-24-11-10-19-14-21(7-6-20(19)15-24)27-13-12-26(30-27)18-4-2-1-3-5-18/h1-16,30H,17H2,(H,31,32)(H,33,34). The molecule has 0 saturated heterocycles. The van der Waals surface area contributed by atoms with Gasteiger partial charge in [-0.15, -0.1) is 0 Å². The van der Waals surface area contributed by atoms with E-state index < -0.39 is 11.9 Å². The molecule has 6 nitrogen and oxygen atoms in total. The van der Waals surface area contributed by atoms with E-state index in [1.54, 1.807) is 0 Å². The van der Waals surface area contributed by atoms with Crippen molar-refractivity contribution in [1.82, 2.24) is 4.98 Å². The fourth-order valence-electron chi connectivity index (χ4n) is 4.03. The van der Waals surface area contributed by atoms with E-state index in [0.29, 0.717) is 11.3 Å². The molecule has 0 atom stereocenters. The van der Waals surface area contributed by atoms with Gasteiger partial charge in [0.05, 0.1) is 11.1 Å². The Morgan fingerprint density at radius 1 is 0.686 bits per heavy atom. The van der Waals surface area contributed by atoms with Gasteiger partial charge in [-0.05, 0) is 64.4 Å². The maximum Gasteiger partial charge on any atom is 0.336 e. The number of H-pyrrole nitrogens is 1. The zero-order valence-corrected chi connectivity index (χ0v) is 18.6. The van der Waals surface area contributed by atoms with Crippen LogP contribution in [-0.2, 0) is 6.61 Å². The molecule has 5 rings (SSSR count). The summed E-state index contributed by atoms with van der Waals surface area (Å²) in [5.74, 6) is -1.78. The van der Waals surface area contributed by atoms with Gasteiger partial charge in [-0.3, -0.25) is 0 Å². The number of aromatic nitrogens is 1. The van der Waals surface area contributed by atoms with Crippen LogP contribution in [0.2, 0.25) is 0 Å². The first kappa shape index (κ1) is 22.0. The fraction of sp³-hybridized carbons (Fsp3) is 0.0345. The Kier molecular flexibility index (Phi) is 5.77. The van der Waals surface area contributed by atoms with Gasteiger partial charge < -0.3 is 19.9 Å². The number of rotatable bonds is 7. The number of carboxylic acid groups (broad SMARTS) is 2. The lowest BCUT2D eigenvalue weighted by molar-refractivity contribution is 0.0693. The number of benzene rings is 4. The average Bonchev–Trinajstić information content (AvgIpc) is 3.38. The third-order valence-corrected chi connectivity index (χ3v) is 5.88. The molecule has 1 heterocycles. The molecule has 0 amide bonds. The molecule has 0 radical (unpaired) electrons. The van der Waals surface area contributed by atoms with Crippen LogP contribution >= 0.6 is 0 Å². The van der Waals surface area contributed by atoms with E-state index in [0.717, 1.165) is 39.4 Å². The van der Waals surface area contributed by atoms with Gasteiger partial charge in [-0.1, -0.05) is 54.6 Å². The highest BCUT2D eigenvalue weighted by Gasteiger charge is 2.14. The number of aromatic carboxylic acids is 2. The highest BCUT2D eigenvalue weighted by Crippen LogP contribution is 2.29. The van der Waals surface area contributed by atoms with E-state index in [1.165, 1.54) is 12.1 Å². The summed E-state index contributed by atoms with van der Waals surface area (Å²) in [5.41, 5.74) is 4.52. The maximum absolute atomic E-state index is 11.6. The lowest BCUT2D eigenvalue weighted by atomic mass is 10.0. The highest BCUT2D eigenvalue weighted by atomic mass is 16.5. The summed E-state index contributed by atoms with van der Waals surface area (Å²) < 4.78 is 5.84. The Bertz CT molecular complexity index is 1550.